The second kappa shape index (κ2) is 7.36. The number of nitrogens with one attached hydrogen (secondary N) is 2. The van der Waals surface area contributed by atoms with Crippen LogP contribution in [-0.4, -0.2) is 20.3 Å². The van der Waals surface area contributed by atoms with Crippen LogP contribution < -0.4 is 20.1 Å². The van der Waals surface area contributed by atoms with Gasteiger partial charge >= 0.3 is 6.03 Å². The lowest BCUT2D eigenvalue weighted by Gasteiger charge is -2.13. The van der Waals surface area contributed by atoms with Gasteiger partial charge in [0, 0.05) is 12.2 Å². The van der Waals surface area contributed by atoms with Gasteiger partial charge in [-0.15, -0.1) is 0 Å². The minimum Gasteiger partial charge on any atom is -0.493 e. The number of rotatable bonds is 5. The summed E-state index contributed by atoms with van der Waals surface area (Å²) in [6.07, 6.45) is 0. The molecule has 2 aromatic rings. The number of para-hydroxylation sites is 1. The first-order valence-corrected chi connectivity index (χ1v) is 6.95. The molecule has 0 bridgehead atoms. The smallest absolute Gasteiger partial charge is 0.319 e. The molecule has 5 nitrogen and oxygen atoms in total. The Labute approximate surface area is 130 Å². The van der Waals surface area contributed by atoms with E-state index in [1.807, 2.05) is 49.4 Å². The first-order valence-electron chi connectivity index (χ1n) is 6.95. The lowest BCUT2D eigenvalue weighted by Crippen LogP contribution is -2.28. The van der Waals surface area contributed by atoms with Crippen molar-refractivity contribution in [2.45, 2.75) is 13.5 Å². The predicted octanol–water partition coefficient (Wildman–Crippen LogP) is 3.33. The van der Waals surface area contributed by atoms with Crippen LogP contribution in [0.1, 0.15) is 11.1 Å². The molecule has 2 N–H and O–H groups in total. The van der Waals surface area contributed by atoms with Crippen LogP contribution in [0.4, 0.5) is 10.5 Å². The van der Waals surface area contributed by atoms with E-state index >= 15 is 0 Å². The van der Waals surface area contributed by atoms with Crippen LogP contribution in [0.5, 0.6) is 11.5 Å². The standard InChI is InChI=1S/C17H20N2O3/c1-12-9-15(21-2)16(22-3)10-13(12)11-18-17(20)19-14-7-5-4-6-8-14/h4-10H,11H2,1-3H3,(H2,18,19,20). The highest BCUT2D eigenvalue weighted by Crippen LogP contribution is 2.30. The van der Waals surface area contributed by atoms with E-state index < -0.39 is 0 Å². The van der Waals surface area contributed by atoms with Crippen molar-refractivity contribution in [3.8, 4) is 11.5 Å². The summed E-state index contributed by atoms with van der Waals surface area (Å²) in [4.78, 5) is 11.9. The van der Waals surface area contributed by atoms with Crippen LogP contribution in [0.25, 0.3) is 0 Å². The average Bonchev–Trinajstić information content (AvgIpc) is 2.54. The van der Waals surface area contributed by atoms with Gasteiger partial charge in [0.1, 0.15) is 0 Å². The van der Waals surface area contributed by atoms with Crippen molar-refractivity contribution in [2.75, 3.05) is 19.5 Å². The van der Waals surface area contributed by atoms with E-state index in [0.717, 1.165) is 16.8 Å². The van der Waals surface area contributed by atoms with E-state index in [-0.39, 0.29) is 6.03 Å². The van der Waals surface area contributed by atoms with Crippen molar-refractivity contribution in [1.82, 2.24) is 5.32 Å². The Balaban J connectivity index is 2.00. The summed E-state index contributed by atoms with van der Waals surface area (Å²) in [5, 5.41) is 5.61. The molecule has 0 saturated carbocycles. The largest absolute Gasteiger partial charge is 0.493 e. The Morgan fingerprint density at radius 3 is 2.32 bits per heavy atom. The fourth-order valence-electron chi connectivity index (χ4n) is 2.09. The highest BCUT2D eigenvalue weighted by atomic mass is 16.5. The van der Waals surface area contributed by atoms with E-state index in [9.17, 15) is 4.79 Å². The number of hydrogen-bond donors (Lipinski definition) is 2. The first kappa shape index (κ1) is 15.7. The zero-order valence-electron chi connectivity index (χ0n) is 13.0. The third-order valence-corrected chi connectivity index (χ3v) is 3.31. The van der Waals surface area contributed by atoms with Crippen LogP contribution in [0, 0.1) is 6.92 Å². The number of aryl methyl sites for hydroxylation is 1. The zero-order chi connectivity index (χ0) is 15.9. The normalized spacial score (nSPS) is 9.95. The quantitative estimate of drug-likeness (QED) is 0.890. The van der Waals surface area contributed by atoms with Gasteiger partial charge in [-0.1, -0.05) is 18.2 Å². The van der Waals surface area contributed by atoms with E-state index in [2.05, 4.69) is 10.6 Å². The average molecular weight is 300 g/mol. The number of urea groups is 1. The van der Waals surface area contributed by atoms with E-state index in [4.69, 9.17) is 9.47 Å². The van der Waals surface area contributed by atoms with Crippen LogP contribution in [0.2, 0.25) is 0 Å². The molecule has 0 atom stereocenters. The van der Waals surface area contributed by atoms with Gasteiger partial charge < -0.3 is 20.1 Å². The van der Waals surface area contributed by atoms with Gasteiger partial charge in [-0.3, -0.25) is 0 Å². The molecule has 0 spiro atoms. The summed E-state index contributed by atoms with van der Waals surface area (Å²) < 4.78 is 10.5. The van der Waals surface area contributed by atoms with Crippen LogP contribution in [-0.2, 0) is 6.54 Å². The summed E-state index contributed by atoms with van der Waals surface area (Å²) in [5.74, 6) is 1.32. The topological polar surface area (TPSA) is 59.6 Å². The molecule has 2 amide bonds. The molecule has 0 saturated heterocycles. The molecule has 0 aliphatic carbocycles. The van der Waals surface area contributed by atoms with Gasteiger partial charge in [-0.25, -0.2) is 4.79 Å². The summed E-state index contributed by atoms with van der Waals surface area (Å²) in [6.45, 7) is 2.37. The second-order valence-electron chi connectivity index (χ2n) is 4.81. The Kier molecular flexibility index (Phi) is 5.25. The number of hydrogen-bond acceptors (Lipinski definition) is 3. The van der Waals surface area contributed by atoms with Crippen LogP contribution in [0.3, 0.4) is 0 Å². The molecule has 0 fully saturated rings. The molecule has 2 rings (SSSR count). The summed E-state index contributed by atoms with van der Waals surface area (Å²) in [5.41, 5.74) is 2.75. The highest BCUT2D eigenvalue weighted by Gasteiger charge is 2.09. The fraction of sp³-hybridized carbons (Fsp3) is 0.235. The van der Waals surface area contributed by atoms with E-state index in [1.54, 1.807) is 14.2 Å². The molecule has 116 valence electrons. The van der Waals surface area contributed by atoms with Crippen LogP contribution in [0.15, 0.2) is 42.5 Å². The molecule has 0 aromatic heterocycles. The SMILES string of the molecule is COc1cc(C)c(CNC(=O)Nc2ccccc2)cc1OC. The van der Waals surface area contributed by atoms with Gasteiger partial charge in [0.15, 0.2) is 11.5 Å². The van der Waals surface area contributed by atoms with Crippen LogP contribution >= 0.6 is 0 Å². The first-order chi connectivity index (χ1) is 10.6. The molecule has 0 radical (unpaired) electrons. The van der Waals surface area contributed by atoms with E-state index in [1.165, 1.54) is 0 Å². The maximum Gasteiger partial charge on any atom is 0.319 e. The van der Waals surface area contributed by atoms with Crippen molar-refractivity contribution in [3.05, 3.63) is 53.6 Å². The molecule has 0 unspecified atom stereocenters. The van der Waals surface area contributed by atoms with Gasteiger partial charge in [0.2, 0.25) is 0 Å². The zero-order valence-corrected chi connectivity index (χ0v) is 13.0. The summed E-state index contributed by atoms with van der Waals surface area (Å²) in [6, 6.07) is 12.8. The second-order valence-corrected chi connectivity index (χ2v) is 4.81. The number of ether oxygens (including phenoxy) is 2. The minimum absolute atomic E-state index is 0.250. The summed E-state index contributed by atoms with van der Waals surface area (Å²) >= 11 is 0. The monoisotopic (exact) mass is 300 g/mol. The number of carbonyl (C=O) groups is 1. The maximum absolute atomic E-state index is 11.9. The maximum atomic E-state index is 11.9. The van der Waals surface area contributed by atoms with Gasteiger partial charge in [0.05, 0.1) is 14.2 Å². The van der Waals surface area contributed by atoms with Gasteiger partial charge in [0.25, 0.3) is 0 Å². The number of benzene rings is 2. The van der Waals surface area contributed by atoms with Gasteiger partial charge in [-0.05, 0) is 42.3 Å². The van der Waals surface area contributed by atoms with Crippen molar-refractivity contribution >= 4 is 11.7 Å². The summed E-state index contributed by atoms with van der Waals surface area (Å²) in [7, 11) is 3.19. The van der Waals surface area contributed by atoms with Crippen molar-refractivity contribution in [1.29, 1.82) is 0 Å². The molecule has 0 heterocycles. The molecule has 0 aliphatic rings. The molecular formula is C17H20N2O3. The lowest BCUT2D eigenvalue weighted by molar-refractivity contribution is 0.251. The van der Waals surface area contributed by atoms with Gasteiger partial charge in [-0.2, -0.15) is 0 Å². The molecule has 5 heteroatoms. The molecule has 22 heavy (non-hydrogen) atoms. The number of amides is 2. The fourth-order valence-corrected chi connectivity index (χ4v) is 2.09. The Morgan fingerprint density at radius 1 is 1.05 bits per heavy atom. The minimum atomic E-state index is -0.250. The molecular weight excluding hydrogens is 280 g/mol. The van der Waals surface area contributed by atoms with E-state index in [0.29, 0.717) is 18.0 Å². The Morgan fingerprint density at radius 2 is 1.68 bits per heavy atom. The Bertz CT molecular complexity index is 642. The number of methoxy groups -OCH3 is 2. The van der Waals surface area contributed by atoms with Crippen molar-refractivity contribution in [2.24, 2.45) is 0 Å². The molecule has 0 aliphatic heterocycles. The highest BCUT2D eigenvalue weighted by molar-refractivity contribution is 5.89. The van der Waals surface area contributed by atoms with Crippen molar-refractivity contribution < 1.29 is 14.3 Å². The number of anilines is 1. The Hall–Kier alpha value is -2.69. The van der Waals surface area contributed by atoms with Crippen molar-refractivity contribution in [3.63, 3.8) is 0 Å². The molecule has 2 aromatic carbocycles. The number of carbonyl (C=O) groups excluding carboxylic acids is 1. The predicted molar refractivity (Wildman–Crippen MR) is 86.6 cm³/mol. The lowest BCUT2D eigenvalue weighted by atomic mass is 10.1. The third-order valence-electron chi connectivity index (χ3n) is 3.31. The third kappa shape index (κ3) is 3.91.